The van der Waals surface area contributed by atoms with Gasteiger partial charge in [-0.15, -0.1) is 0 Å². The van der Waals surface area contributed by atoms with E-state index in [2.05, 4.69) is 17.2 Å². The highest BCUT2D eigenvalue weighted by molar-refractivity contribution is 5.92. The SMILES string of the molecule is C[C@@H]1Cc2cc(C3=CN4CCN(C(=O)OC(C)(C)C)CC4C3)ccc2C(=O)O1. The Morgan fingerprint density at radius 1 is 1.21 bits per heavy atom. The van der Waals surface area contributed by atoms with E-state index in [0.717, 1.165) is 30.5 Å². The highest BCUT2D eigenvalue weighted by Gasteiger charge is 2.35. The summed E-state index contributed by atoms with van der Waals surface area (Å²) in [6.45, 7) is 9.75. The molecule has 0 saturated carbocycles. The van der Waals surface area contributed by atoms with Crippen molar-refractivity contribution in [2.45, 2.75) is 58.3 Å². The molecular weight excluding hydrogens is 356 g/mol. The summed E-state index contributed by atoms with van der Waals surface area (Å²) in [5.41, 5.74) is 3.66. The molecule has 0 aliphatic carbocycles. The second-order valence-electron chi connectivity index (χ2n) is 8.97. The number of amides is 1. The number of cyclic esters (lactones) is 1. The monoisotopic (exact) mass is 384 g/mol. The van der Waals surface area contributed by atoms with Crippen molar-refractivity contribution in [3.63, 3.8) is 0 Å². The molecule has 150 valence electrons. The molecule has 0 radical (unpaired) electrons. The van der Waals surface area contributed by atoms with Gasteiger partial charge in [-0.05, 0) is 56.9 Å². The van der Waals surface area contributed by atoms with Gasteiger partial charge in [0, 0.05) is 32.3 Å². The van der Waals surface area contributed by atoms with E-state index >= 15 is 0 Å². The van der Waals surface area contributed by atoms with E-state index in [1.165, 1.54) is 5.57 Å². The molecule has 1 amide bonds. The Hall–Kier alpha value is -2.50. The number of nitrogens with zero attached hydrogens (tertiary/aromatic N) is 2. The standard InChI is InChI=1S/C22H28N2O4/c1-14-9-16-10-15(5-6-19(16)20(25)27-14)17-11-18-13-24(8-7-23(18)12-17)21(26)28-22(2,3)4/h5-6,10,12,14,18H,7-9,11,13H2,1-4H3/t14-,18?/m1/s1. The molecule has 0 N–H and O–H groups in total. The molecule has 1 unspecified atom stereocenters. The fourth-order valence-corrected chi connectivity index (χ4v) is 4.17. The fraction of sp³-hybridized carbons (Fsp3) is 0.545. The van der Waals surface area contributed by atoms with Crippen molar-refractivity contribution >= 4 is 17.6 Å². The second kappa shape index (κ2) is 6.83. The maximum Gasteiger partial charge on any atom is 0.410 e. The van der Waals surface area contributed by atoms with Gasteiger partial charge in [-0.3, -0.25) is 0 Å². The maximum atomic E-state index is 12.4. The van der Waals surface area contributed by atoms with Crippen LogP contribution in [0, 0.1) is 0 Å². The first kappa shape index (κ1) is 18.8. The minimum atomic E-state index is -0.477. The van der Waals surface area contributed by atoms with Crippen LogP contribution >= 0.6 is 0 Å². The number of esters is 1. The summed E-state index contributed by atoms with van der Waals surface area (Å²) in [5.74, 6) is -0.230. The average Bonchev–Trinajstić information content (AvgIpc) is 3.02. The smallest absolute Gasteiger partial charge is 0.410 e. The van der Waals surface area contributed by atoms with Crippen molar-refractivity contribution in [1.82, 2.24) is 9.80 Å². The van der Waals surface area contributed by atoms with Crippen LogP contribution in [0.5, 0.6) is 0 Å². The van der Waals surface area contributed by atoms with Crippen LogP contribution in [0.2, 0.25) is 0 Å². The Labute approximate surface area is 166 Å². The van der Waals surface area contributed by atoms with Crippen molar-refractivity contribution in [2.75, 3.05) is 19.6 Å². The molecule has 6 heteroatoms. The highest BCUT2D eigenvalue weighted by Crippen LogP contribution is 2.34. The van der Waals surface area contributed by atoms with E-state index in [0.29, 0.717) is 18.7 Å². The molecule has 3 aliphatic rings. The number of benzene rings is 1. The van der Waals surface area contributed by atoms with E-state index in [4.69, 9.17) is 9.47 Å². The Bertz CT molecular complexity index is 839. The highest BCUT2D eigenvalue weighted by atomic mass is 16.6. The van der Waals surface area contributed by atoms with E-state index in [1.807, 2.05) is 44.7 Å². The number of carbonyl (C=O) groups is 2. The van der Waals surface area contributed by atoms with Gasteiger partial charge in [0.05, 0.1) is 11.6 Å². The molecule has 1 aromatic rings. The molecule has 1 fully saturated rings. The Morgan fingerprint density at radius 3 is 2.75 bits per heavy atom. The lowest BCUT2D eigenvalue weighted by Crippen LogP contribution is -2.52. The van der Waals surface area contributed by atoms with Crippen LogP contribution in [0.4, 0.5) is 4.79 Å². The number of ether oxygens (including phenoxy) is 2. The quantitative estimate of drug-likeness (QED) is 0.694. The first-order valence-corrected chi connectivity index (χ1v) is 9.98. The third-order valence-electron chi connectivity index (χ3n) is 5.47. The van der Waals surface area contributed by atoms with Crippen molar-refractivity contribution in [3.05, 3.63) is 41.1 Å². The van der Waals surface area contributed by atoms with Gasteiger partial charge in [-0.25, -0.2) is 9.59 Å². The summed E-state index contributed by atoms with van der Waals surface area (Å²) in [5, 5.41) is 0. The topological polar surface area (TPSA) is 59.1 Å². The molecular formula is C22H28N2O4. The lowest BCUT2D eigenvalue weighted by atomic mass is 9.93. The minimum Gasteiger partial charge on any atom is -0.459 e. The maximum absolute atomic E-state index is 12.4. The number of piperazine rings is 1. The normalized spacial score (nSPS) is 24.3. The lowest BCUT2D eigenvalue weighted by Gasteiger charge is -2.38. The van der Waals surface area contributed by atoms with Crippen LogP contribution < -0.4 is 0 Å². The predicted molar refractivity (Wildman–Crippen MR) is 106 cm³/mol. The average molecular weight is 384 g/mol. The summed E-state index contributed by atoms with van der Waals surface area (Å²) in [6.07, 6.45) is 3.53. The molecule has 4 rings (SSSR count). The van der Waals surface area contributed by atoms with E-state index in [-0.39, 0.29) is 24.2 Å². The van der Waals surface area contributed by atoms with Gasteiger partial charge in [0.15, 0.2) is 0 Å². The second-order valence-corrected chi connectivity index (χ2v) is 8.97. The molecule has 2 atom stereocenters. The summed E-state index contributed by atoms with van der Waals surface area (Å²) in [6, 6.07) is 6.29. The van der Waals surface area contributed by atoms with Crippen LogP contribution in [0.25, 0.3) is 5.57 Å². The molecule has 3 heterocycles. The summed E-state index contributed by atoms with van der Waals surface area (Å²) in [7, 11) is 0. The van der Waals surface area contributed by atoms with Crippen LogP contribution in [0.15, 0.2) is 24.4 Å². The fourth-order valence-electron chi connectivity index (χ4n) is 4.17. The van der Waals surface area contributed by atoms with E-state index in [9.17, 15) is 9.59 Å². The van der Waals surface area contributed by atoms with Gasteiger partial charge >= 0.3 is 12.1 Å². The van der Waals surface area contributed by atoms with Crippen LogP contribution in [-0.2, 0) is 15.9 Å². The molecule has 1 aromatic carbocycles. The van der Waals surface area contributed by atoms with Crippen molar-refractivity contribution in [1.29, 1.82) is 0 Å². The summed E-state index contributed by atoms with van der Waals surface area (Å²) in [4.78, 5) is 28.6. The first-order chi connectivity index (χ1) is 13.2. The molecule has 0 bridgehead atoms. The lowest BCUT2D eigenvalue weighted by molar-refractivity contribution is 0.0117. The van der Waals surface area contributed by atoms with E-state index < -0.39 is 5.60 Å². The van der Waals surface area contributed by atoms with Crippen molar-refractivity contribution in [2.24, 2.45) is 0 Å². The summed E-state index contributed by atoms with van der Waals surface area (Å²) >= 11 is 0. The summed E-state index contributed by atoms with van der Waals surface area (Å²) < 4.78 is 10.8. The molecule has 1 saturated heterocycles. The number of hydrogen-bond acceptors (Lipinski definition) is 5. The third kappa shape index (κ3) is 3.73. The van der Waals surface area contributed by atoms with Crippen LogP contribution in [-0.4, -0.2) is 59.2 Å². The van der Waals surface area contributed by atoms with Gasteiger partial charge in [0.1, 0.15) is 11.7 Å². The van der Waals surface area contributed by atoms with Gasteiger partial charge in [0.2, 0.25) is 0 Å². The number of hydrogen-bond donors (Lipinski definition) is 0. The molecule has 0 aromatic heterocycles. The van der Waals surface area contributed by atoms with Gasteiger partial charge in [0.25, 0.3) is 0 Å². The molecule has 3 aliphatic heterocycles. The molecule has 0 spiro atoms. The third-order valence-corrected chi connectivity index (χ3v) is 5.47. The predicted octanol–water partition coefficient (Wildman–Crippen LogP) is 3.45. The van der Waals surface area contributed by atoms with Crippen molar-refractivity contribution < 1.29 is 19.1 Å². The molecule has 28 heavy (non-hydrogen) atoms. The Morgan fingerprint density at radius 2 is 2.00 bits per heavy atom. The van der Waals surface area contributed by atoms with Gasteiger partial charge < -0.3 is 19.3 Å². The zero-order chi connectivity index (χ0) is 20.1. The van der Waals surface area contributed by atoms with Crippen molar-refractivity contribution in [3.8, 4) is 0 Å². The molecule has 6 nitrogen and oxygen atoms in total. The number of carbonyl (C=O) groups excluding carboxylic acids is 2. The van der Waals surface area contributed by atoms with Crippen LogP contribution in [0.1, 0.15) is 55.6 Å². The zero-order valence-corrected chi connectivity index (χ0v) is 17.0. The van der Waals surface area contributed by atoms with Gasteiger partial charge in [-0.2, -0.15) is 0 Å². The Kier molecular flexibility index (Phi) is 4.60. The Balaban J connectivity index is 1.46. The first-order valence-electron chi connectivity index (χ1n) is 9.98. The van der Waals surface area contributed by atoms with E-state index in [1.54, 1.807) is 0 Å². The minimum absolute atomic E-state index is 0.0819. The number of rotatable bonds is 1. The van der Waals surface area contributed by atoms with Gasteiger partial charge in [-0.1, -0.05) is 12.1 Å². The number of fused-ring (bicyclic) bond motifs is 2. The zero-order valence-electron chi connectivity index (χ0n) is 17.0. The van der Waals surface area contributed by atoms with Crippen LogP contribution in [0.3, 0.4) is 0 Å². The largest absolute Gasteiger partial charge is 0.459 e.